The summed E-state index contributed by atoms with van der Waals surface area (Å²) in [7, 11) is -4.30. The number of carbonyl (C=O) groups excluding carboxylic acids is 3. The van der Waals surface area contributed by atoms with E-state index >= 15 is 0 Å². The Balaban J connectivity index is 2.08. The fourth-order valence-electron chi connectivity index (χ4n) is 4.84. The molecule has 12 nitrogen and oxygen atoms in total. The van der Waals surface area contributed by atoms with E-state index in [0.717, 1.165) is 24.0 Å². The summed E-state index contributed by atoms with van der Waals surface area (Å²) in [5, 5.41) is 0. The highest BCUT2D eigenvalue weighted by Gasteiger charge is 2.54. The number of carbonyl (C=O) groups is 3. The van der Waals surface area contributed by atoms with Crippen LogP contribution < -0.4 is 0 Å². The number of hydrogen-bond donors (Lipinski definition) is 0. The van der Waals surface area contributed by atoms with Gasteiger partial charge < -0.3 is 28.5 Å². The minimum atomic E-state index is -4.30. The van der Waals surface area contributed by atoms with Crippen LogP contribution in [0.15, 0.2) is 60.7 Å². The van der Waals surface area contributed by atoms with Crippen molar-refractivity contribution in [3.05, 3.63) is 71.8 Å². The van der Waals surface area contributed by atoms with Crippen molar-refractivity contribution in [2.24, 2.45) is 5.41 Å². The molecule has 0 bridgehead atoms. The first-order valence-electron chi connectivity index (χ1n) is 17.7. The van der Waals surface area contributed by atoms with Gasteiger partial charge in [-0.25, -0.2) is 4.57 Å². The fraction of sp³-hybridized carbons (Fsp3) is 0.605. The third-order valence-electron chi connectivity index (χ3n) is 7.80. The quantitative estimate of drug-likeness (QED) is 0.0671. The van der Waals surface area contributed by atoms with Crippen LogP contribution in [-0.2, 0) is 69.4 Å². The second kappa shape index (κ2) is 21.5. The summed E-state index contributed by atoms with van der Waals surface area (Å²) in [4.78, 5) is 38.5. The zero-order valence-electron chi connectivity index (χ0n) is 30.8. The van der Waals surface area contributed by atoms with Crippen LogP contribution in [0.5, 0.6) is 0 Å². The van der Waals surface area contributed by atoms with Gasteiger partial charge in [-0.05, 0) is 51.7 Å². The predicted molar refractivity (Wildman–Crippen MR) is 189 cm³/mol. The van der Waals surface area contributed by atoms with Crippen molar-refractivity contribution in [1.82, 2.24) is 0 Å². The Kier molecular flexibility index (Phi) is 17.9. The number of ether oxygens (including phenoxy) is 5. The number of rotatable bonds is 22. The van der Waals surface area contributed by atoms with E-state index in [-0.39, 0.29) is 51.7 Å². The SMILES string of the molecule is CCCCOP(=O)(OCCCC)O[C@@H]1O[C@H](COCc2ccccc2)[C@H](OC(=O)CCC(C)=O)[C@H](OCc2ccccc2)[C@H]1OC(=O)C(C)(C)C. The molecular weight excluding hydrogens is 679 g/mol. The Morgan fingerprint density at radius 3 is 1.86 bits per heavy atom. The molecule has 2 aromatic carbocycles. The Bertz CT molecular complexity index is 1370. The van der Waals surface area contributed by atoms with Gasteiger partial charge in [-0.2, -0.15) is 0 Å². The van der Waals surface area contributed by atoms with Crippen LogP contribution in [0.25, 0.3) is 0 Å². The van der Waals surface area contributed by atoms with Gasteiger partial charge in [0.05, 0.1) is 44.9 Å². The van der Waals surface area contributed by atoms with E-state index in [1.54, 1.807) is 20.8 Å². The van der Waals surface area contributed by atoms with E-state index < -0.39 is 55.9 Å². The lowest BCUT2D eigenvalue weighted by molar-refractivity contribution is -0.301. The maximum absolute atomic E-state index is 14.2. The molecule has 0 radical (unpaired) electrons. The van der Waals surface area contributed by atoms with E-state index in [4.69, 9.17) is 37.3 Å². The molecule has 1 aliphatic heterocycles. The molecule has 1 fully saturated rings. The predicted octanol–water partition coefficient (Wildman–Crippen LogP) is 7.51. The minimum absolute atomic E-state index is 0.0263. The number of phosphoric ester groups is 1. The average Bonchev–Trinajstić information content (AvgIpc) is 3.09. The summed E-state index contributed by atoms with van der Waals surface area (Å²) in [6.07, 6.45) is -3.93. The second-order valence-electron chi connectivity index (χ2n) is 13.5. The lowest BCUT2D eigenvalue weighted by Gasteiger charge is -2.45. The molecule has 0 aromatic heterocycles. The summed E-state index contributed by atoms with van der Waals surface area (Å²) in [5.74, 6) is -1.50. The van der Waals surface area contributed by atoms with Gasteiger partial charge in [0, 0.05) is 6.42 Å². The molecule has 1 saturated heterocycles. The largest absolute Gasteiger partial charge is 0.477 e. The maximum Gasteiger partial charge on any atom is 0.477 e. The smallest absolute Gasteiger partial charge is 0.457 e. The van der Waals surface area contributed by atoms with Crippen molar-refractivity contribution in [2.45, 2.75) is 124 Å². The summed E-state index contributed by atoms with van der Waals surface area (Å²) < 4.78 is 62.7. The van der Waals surface area contributed by atoms with Gasteiger partial charge in [0.2, 0.25) is 6.29 Å². The number of unbranched alkanes of at least 4 members (excludes halogenated alkanes) is 2. The zero-order valence-corrected chi connectivity index (χ0v) is 31.7. The van der Waals surface area contributed by atoms with Crippen LogP contribution in [0.2, 0.25) is 0 Å². The number of phosphoric acid groups is 1. The van der Waals surface area contributed by atoms with Gasteiger partial charge in [0.15, 0.2) is 12.2 Å². The van der Waals surface area contributed by atoms with Gasteiger partial charge in [-0.1, -0.05) is 87.4 Å². The molecule has 0 amide bonds. The van der Waals surface area contributed by atoms with Crippen LogP contribution in [-0.4, -0.2) is 68.2 Å². The Morgan fingerprint density at radius 2 is 1.33 bits per heavy atom. The molecule has 5 atom stereocenters. The molecule has 1 heterocycles. The van der Waals surface area contributed by atoms with Crippen molar-refractivity contribution < 1.29 is 56.2 Å². The first-order valence-corrected chi connectivity index (χ1v) is 19.2. The molecule has 2 aromatic rings. The summed E-state index contributed by atoms with van der Waals surface area (Å²) in [6.45, 7) is 10.6. The third-order valence-corrected chi connectivity index (χ3v) is 9.27. The molecule has 51 heavy (non-hydrogen) atoms. The summed E-state index contributed by atoms with van der Waals surface area (Å²) in [6, 6.07) is 18.7. The molecule has 1 aliphatic rings. The van der Waals surface area contributed by atoms with E-state index in [0.29, 0.717) is 12.8 Å². The van der Waals surface area contributed by atoms with Gasteiger partial charge in [-0.3, -0.25) is 23.2 Å². The molecule has 0 aliphatic carbocycles. The third kappa shape index (κ3) is 14.9. The molecule has 13 heteroatoms. The highest BCUT2D eigenvalue weighted by atomic mass is 31.2. The summed E-state index contributed by atoms with van der Waals surface area (Å²) >= 11 is 0. The van der Waals surface area contributed by atoms with Crippen molar-refractivity contribution >= 4 is 25.5 Å². The maximum atomic E-state index is 14.2. The van der Waals surface area contributed by atoms with Crippen molar-refractivity contribution in [3.63, 3.8) is 0 Å². The molecular formula is C38H55O12P. The van der Waals surface area contributed by atoms with Crippen LogP contribution in [0.4, 0.5) is 0 Å². The van der Waals surface area contributed by atoms with Crippen molar-refractivity contribution in [3.8, 4) is 0 Å². The van der Waals surface area contributed by atoms with Crippen molar-refractivity contribution in [1.29, 1.82) is 0 Å². The summed E-state index contributed by atoms with van der Waals surface area (Å²) in [5.41, 5.74) is 0.706. The van der Waals surface area contributed by atoms with Crippen LogP contribution in [0, 0.1) is 5.41 Å². The second-order valence-corrected chi connectivity index (χ2v) is 15.1. The molecule has 0 saturated carbocycles. The number of benzene rings is 2. The average molecular weight is 735 g/mol. The van der Waals surface area contributed by atoms with E-state index in [1.165, 1.54) is 6.92 Å². The Morgan fingerprint density at radius 1 is 0.765 bits per heavy atom. The normalized spacial score (nSPS) is 20.9. The van der Waals surface area contributed by atoms with E-state index in [1.807, 2.05) is 74.5 Å². The molecule has 0 N–H and O–H groups in total. The lowest BCUT2D eigenvalue weighted by Crippen LogP contribution is -2.62. The van der Waals surface area contributed by atoms with E-state index in [9.17, 15) is 18.9 Å². The van der Waals surface area contributed by atoms with Gasteiger partial charge in [-0.15, -0.1) is 0 Å². The first-order chi connectivity index (χ1) is 24.3. The number of ketones is 1. The topological polar surface area (TPSA) is 142 Å². The van der Waals surface area contributed by atoms with Crippen molar-refractivity contribution in [2.75, 3.05) is 19.8 Å². The van der Waals surface area contributed by atoms with Crippen LogP contribution in [0.3, 0.4) is 0 Å². The molecule has 284 valence electrons. The zero-order chi connectivity index (χ0) is 37.3. The van der Waals surface area contributed by atoms with Gasteiger partial charge in [0.25, 0.3) is 0 Å². The van der Waals surface area contributed by atoms with Gasteiger partial charge in [0.1, 0.15) is 18.0 Å². The molecule has 0 spiro atoms. The highest BCUT2D eigenvalue weighted by molar-refractivity contribution is 7.48. The standard InChI is InChI=1S/C38H55O12P/c1-7-9-23-45-51(42,46-24-10-8-2)50-36-35(49-37(41)38(4,5)6)34(44-26-30-19-15-12-16-20-30)33(48-32(40)22-21-28(3)39)31(47-36)27-43-25-29-17-13-11-14-18-29/h11-20,31,33-36H,7-10,21-27H2,1-6H3/t31-,33+,34+,35-,36+/m1/s1. The van der Waals surface area contributed by atoms with Crippen LogP contribution in [0.1, 0.15) is 91.2 Å². The highest BCUT2D eigenvalue weighted by Crippen LogP contribution is 2.53. The monoisotopic (exact) mass is 734 g/mol. The molecule has 3 rings (SSSR count). The first kappa shape index (κ1) is 42.5. The Labute approximate surface area is 302 Å². The number of Topliss-reactive ketones (excluding diaryl/α,β-unsaturated/α-hetero) is 1. The number of esters is 2. The Hall–Kier alpha value is -2.96. The van der Waals surface area contributed by atoms with Crippen LogP contribution >= 0.6 is 7.82 Å². The minimum Gasteiger partial charge on any atom is -0.457 e. The number of hydrogen-bond acceptors (Lipinski definition) is 12. The van der Waals surface area contributed by atoms with E-state index in [2.05, 4.69) is 0 Å². The molecule has 0 unspecified atom stereocenters. The van der Waals surface area contributed by atoms with Gasteiger partial charge >= 0.3 is 19.8 Å². The fourth-order valence-corrected chi connectivity index (χ4v) is 6.17. The lowest BCUT2D eigenvalue weighted by atomic mass is 9.95.